The second-order valence-electron chi connectivity index (χ2n) is 6.28. The van der Waals surface area contributed by atoms with Gasteiger partial charge in [-0.1, -0.05) is 72.4 Å². The lowest BCUT2D eigenvalue weighted by molar-refractivity contribution is -0.118. The Balaban J connectivity index is 1.45. The van der Waals surface area contributed by atoms with Crippen LogP contribution < -0.4 is 5.32 Å². The molecule has 2 heterocycles. The van der Waals surface area contributed by atoms with E-state index in [1.807, 2.05) is 78.1 Å². The molecule has 0 radical (unpaired) electrons. The van der Waals surface area contributed by atoms with Crippen molar-refractivity contribution in [3.8, 4) is 11.3 Å². The molecule has 0 aliphatic rings. The highest BCUT2D eigenvalue weighted by Gasteiger charge is 2.13. The van der Waals surface area contributed by atoms with Crippen molar-refractivity contribution >= 4 is 23.3 Å². The number of benzene rings is 2. The Bertz CT molecular complexity index is 1100. The Morgan fingerprint density at radius 3 is 2.50 bits per heavy atom. The van der Waals surface area contributed by atoms with Crippen LogP contribution in [0.15, 0.2) is 71.9 Å². The molecule has 1 N–H and O–H groups in total. The Hall–Kier alpha value is -3.19. The number of aromatic nitrogens is 4. The molecule has 0 saturated carbocycles. The van der Waals surface area contributed by atoms with E-state index >= 15 is 0 Å². The molecule has 0 aliphatic heterocycles. The number of hydrogen-bond acceptors (Lipinski definition) is 5. The molecule has 4 aromatic rings. The van der Waals surface area contributed by atoms with Crippen LogP contribution in [0.1, 0.15) is 11.4 Å². The summed E-state index contributed by atoms with van der Waals surface area (Å²) in [6.45, 7) is 2.43. The van der Waals surface area contributed by atoms with Crippen LogP contribution in [-0.4, -0.2) is 31.2 Å². The van der Waals surface area contributed by atoms with Gasteiger partial charge in [-0.3, -0.25) is 9.20 Å². The van der Waals surface area contributed by atoms with E-state index < -0.39 is 0 Å². The van der Waals surface area contributed by atoms with Crippen molar-refractivity contribution in [2.75, 3.05) is 5.75 Å². The lowest BCUT2D eigenvalue weighted by Gasteiger charge is -2.07. The zero-order valence-corrected chi connectivity index (χ0v) is 16.2. The third-order valence-corrected chi connectivity index (χ3v) is 5.19. The van der Waals surface area contributed by atoms with Crippen LogP contribution in [0.2, 0.25) is 0 Å². The van der Waals surface area contributed by atoms with Crippen molar-refractivity contribution in [3.63, 3.8) is 0 Å². The molecule has 0 spiro atoms. The maximum Gasteiger partial charge on any atom is 0.230 e. The van der Waals surface area contributed by atoms with E-state index in [1.165, 1.54) is 11.8 Å². The van der Waals surface area contributed by atoms with Gasteiger partial charge in [0, 0.05) is 18.2 Å². The van der Waals surface area contributed by atoms with Crippen molar-refractivity contribution in [2.24, 2.45) is 0 Å². The molecule has 0 fully saturated rings. The van der Waals surface area contributed by atoms with Crippen molar-refractivity contribution in [1.82, 2.24) is 24.9 Å². The van der Waals surface area contributed by atoms with E-state index in [-0.39, 0.29) is 11.7 Å². The summed E-state index contributed by atoms with van der Waals surface area (Å²) in [6, 6.07) is 21.7. The molecular formula is C21H19N5OS. The van der Waals surface area contributed by atoms with E-state index in [2.05, 4.69) is 20.5 Å². The number of rotatable bonds is 6. The summed E-state index contributed by atoms with van der Waals surface area (Å²) in [6.07, 6.45) is 0. The van der Waals surface area contributed by atoms with Gasteiger partial charge in [0.05, 0.1) is 11.4 Å². The number of fused-ring (bicyclic) bond motifs is 1. The average Bonchev–Trinajstić information content (AvgIpc) is 3.16. The first kappa shape index (κ1) is 18.2. The van der Waals surface area contributed by atoms with Crippen LogP contribution in [-0.2, 0) is 11.3 Å². The molecule has 28 heavy (non-hydrogen) atoms. The maximum atomic E-state index is 12.2. The maximum absolute atomic E-state index is 12.2. The van der Waals surface area contributed by atoms with Crippen LogP contribution in [0.5, 0.6) is 0 Å². The quantitative estimate of drug-likeness (QED) is 0.511. The number of carbonyl (C=O) groups is 1. The van der Waals surface area contributed by atoms with Crippen molar-refractivity contribution in [2.45, 2.75) is 18.6 Å². The van der Waals surface area contributed by atoms with Crippen LogP contribution in [0.3, 0.4) is 0 Å². The second-order valence-corrected chi connectivity index (χ2v) is 7.22. The number of thioether (sulfide) groups is 1. The molecule has 2 aromatic carbocycles. The van der Waals surface area contributed by atoms with E-state index in [0.717, 1.165) is 28.3 Å². The van der Waals surface area contributed by atoms with Gasteiger partial charge in [-0.15, -0.1) is 10.2 Å². The standard InChI is InChI=1S/C21H19N5OS/c1-15-23-18(17-10-6-3-7-11-17)12-19-24-25-21(26(15)19)28-14-20(27)22-13-16-8-4-2-5-9-16/h2-12H,13-14H2,1H3,(H,22,27). The Morgan fingerprint density at radius 1 is 1.04 bits per heavy atom. The summed E-state index contributed by atoms with van der Waals surface area (Å²) in [7, 11) is 0. The first-order valence-corrected chi connectivity index (χ1v) is 9.91. The predicted octanol–water partition coefficient (Wildman–Crippen LogP) is 3.51. The highest BCUT2D eigenvalue weighted by atomic mass is 32.2. The Kier molecular flexibility index (Phi) is 5.34. The summed E-state index contributed by atoms with van der Waals surface area (Å²) >= 11 is 1.35. The number of nitrogens with zero attached hydrogens (tertiary/aromatic N) is 4. The van der Waals surface area contributed by atoms with Gasteiger partial charge in [-0.2, -0.15) is 0 Å². The summed E-state index contributed by atoms with van der Waals surface area (Å²) < 4.78 is 1.88. The van der Waals surface area contributed by atoms with E-state index in [9.17, 15) is 4.79 Å². The molecule has 0 aliphatic carbocycles. The largest absolute Gasteiger partial charge is 0.351 e. The smallest absolute Gasteiger partial charge is 0.230 e. The molecule has 1 amide bonds. The predicted molar refractivity (Wildman–Crippen MR) is 110 cm³/mol. The van der Waals surface area contributed by atoms with Gasteiger partial charge in [-0.25, -0.2) is 4.98 Å². The molecule has 7 heteroatoms. The van der Waals surface area contributed by atoms with Crippen LogP contribution in [0.25, 0.3) is 16.9 Å². The van der Waals surface area contributed by atoms with Gasteiger partial charge in [0.25, 0.3) is 0 Å². The van der Waals surface area contributed by atoms with Gasteiger partial charge in [0.15, 0.2) is 10.8 Å². The fourth-order valence-electron chi connectivity index (χ4n) is 2.89. The van der Waals surface area contributed by atoms with Crippen LogP contribution >= 0.6 is 11.8 Å². The average molecular weight is 389 g/mol. The highest BCUT2D eigenvalue weighted by Crippen LogP contribution is 2.23. The number of hydrogen-bond donors (Lipinski definition) is 1. The molecular weight excluding hydrogens is 370 g/mol. The Morgan fingerprint density at radius 2 is 1.75 bits per heavy atom. The number of carbonyl (C=O) groups excluding carboxylic acids is 1. The lowest BCUT2D eigenvalue weighted by Crippen LogP contribution is -2.24. The van der Waals surface area contributed by atoms with Gasteiger partial charge in [-0.05, 0) is 12.5 Å². The fourth-order valence-corrected chi connectivity index (χ4v) is 3.70. The normalized spacial score (nSPS) is 10.9. The molecule has 0 unspecified atom stereocenters. The number of nitrogens with one attached hydrogen (secondary N) is 1. The minimum absolute atomic E-state index is 0.0443. The van der Waals surface area contributed by atoms with E-state index in [1.54, 1.807) is 0 Å². The summed E-state index contributed by atoms with van der Waals surface area (Å²) in [5, 5.41) is 12.1. The molecule has 0 saturated heterocycles. The Labute approximate surface area is 167 Å². The van der Waals surface area contributed by atoms with Gasteiger partial charge in [0.1, 0.15) is 5.82 Å². The first-order valence-electron chi connectivity index (χ1n) is 8.92. The van der Waals surface area contributed by atoms with Crippen molar-refractivity contribution < 1.29 is 4.79 Å². The first-order chi connectivity index (χ1) is 13.7. The zero-order chi connectivity index (χ0) is 19.3. The minimum Gasteiger partial charge on any atom is -0.351 e. The summed E-state index contributed by atoms with van der Waals surface area (Å²) in [5.41, 5.74) is 3.68. The summed E-state index contributed by atoms with van der Waals surface area (Å²) in [5.74, 6) is 1.01. The summed E-state index contributed by atoms with van der Waals surface area (Å²) in [4.78, 5) is 16.8. The van der Waals surface area contributed by atoms with E-state index in [0.29, 0.717) is 11.7 Å². The lowest BCUT2D eigenvalue weighted by atomic mass is 10.1. The zero-order valence-electron chi connectivity index (χ0n) is 15.4. The van der Waals surface area contributed by atoms with Gasteiger partial charge >= 0.3 is 0 Å². The number of amides is 1. The third-order valence-electron chi connectivity index (χ3n) is 4.26. The number of aryl methyl sites for hydroxylation is 1. The molecule has 6 nitrogen and oxygen atoms in total. The SMILES string of the molecule is Cc1nc(-c2ccccc2)cc2nnc(SCC(=O)NCc3ccccc3)n12. The second kappa shape index (κ2) is 8.22. The van der Waals surface area contributed by atoms with Gasteiger partial charge < -0.3 is 5.32 Å². The topological polar surface area (TPSA) is 72.2 Å². The third kappa shape index (κ3) is 4.04. The molecule has 0 bridgehead atoms. The van der Waals surface area contributed by atoms with Crippen molar-refractivity contribution in [1.29, 1.82) is 0 Å². The molecule has 0 atom stereocenters. The van der Waals surface area contributed by atoms with Crippen LogP contribution in [0.4, 0.5) is 0 Å². The minimum atomic E-state index is -0.0443. The van der Waals surface area contributed by atoms with Crippen LogP contribution in [0, 0.1) is 6.92 Å². The highest BCUT2D eigenvalue weighted by molar-refractivity contribution is 7.99. The molecule has 140 valence electrons. The molecule has 4 rings (SSSR count). The van der Waals surface area contributed by atoms with Gasteiger partial charge in [0.2, 0.25) is 5.91 Å². The van der Waals surface area contributed by atoms with Crippen molar-refractivity contribution in [3.05, 3.63) is 78.1 Å². The monoisotopic (exact) mass is 389 g/mol. The van der Waals surface area contributed by atoms with E-state index in [4.69, 9.17) is 0 Å². The molecule has 2 aromatic heterocycles. The fraction of sp³-hybridized carbons (Fsp3) is 0.143.